The first-order chi connectivity index (χ1) is 11.5. The minimum atomic E-state index is -0.633. The van der Waals surface area contributed by atoms with Crippen molar-refractivity contribution in [3.63, 3.8) is 0 Å². The van der Waals surface area contributed by atoms with E-state index >= 15 is 0 Å². The van der Waals surface area contributed by atoms with Crippen molar-refractivity contribution < 1.29 is 5.11 Å². The number of hydrogen-bond acceptors (Lipinski definition) is 4. The zero-order valence-corrected chi connectivity index (χ0v) is 15.6. The summed E-state index contributed by atoms with van der Waals surface area (Å²) < 4.78 is 4.77. The minimum absolute atomic E-state index is 0.584. The summed E-state index contributed by atoms with van der Waals surface area (Å²) in [7, 11) is 3.91. The van der Waals surface area contributed by atoms with E-state index in [0.29, 0.717) is 23.7 Å². The van der Waals surface area contributed by atoms with Crippen LogP contribution in [0.5, 0.6) is 0 Å². The molecular weight excluding hydrogens is 370 g/mol. The molecule has 7 heteroatoms. The number of aromatic nitrogens is 5. The number of halogens is 1. The largest absolute Gasteiger partial charge is 0.387 e. The van der Waals surface area contributed by atoms with Crippen molar-refractivity contribution in [3.8, 4) is 11.4 Å². The molecule has 0 bridgehead atoms. The van der Waals surface area contributed by atoms with Crippen molar-refractivity contribution >= 4 is 27.0 Å². The van der Waals surface area contributed by atoms with Gasteiger partial charge >= 0.3 is 0 Å². The van der Waals surface area contributed by atoms with Crippen LogP contribution in [-0.4, -0.2) is 29.4 Å². The normalized spacial score (nSPS) is 16.0. The third-order valence-electron chi connectivity index (χ3n) is 4.64. The fourth-order valence-corrected chi connectivity index (χ4v) is 3.99. The molecule has 0 aliphatic heterocycles. The van der Waals surface area contributed by atoms with Gasteiger partial charge in [-0.15, -0.1) is 0 Å². The molecule has 3 aromatic heterocycles. The van der Waals surface area contributed by atoms with Crippen LogP contribution in [0.1, 0.15) is 49.6 Å². The predicted molar refractivity (Wildman–Crippen MR) is 95.6 cm³/mol. The van der Waals surface area contributed by atoms with Crippen LogP contribution in [-0.2, 0) is 14.1 Å². The number of nitrogens with zero attached hydrogens (tertiary/aromatic N) is 5. The lowest BCUT2D eigenvalue weighted by molar-refractivity contribution is 0.170. The predicted octanol–water partition coefficient (Wildman–Crippen LogP) is 3.45. The number of imidazole rings is 1. The molecule has 3 aromatic rings. The van der Waals surface area contributed by atoms with E-state index in [4.69, 9.17) is 4.98 Å². The van der Waals surface area contributed by atoms with Gasteiger partial charge in [0.2, 0.25) is 0 Å². The van der Waals surface area contributed by atoms with E-state index in [2.05, 4.69) is 30.6 Å². The van der Waals surface area contributed by atoms with E-state index in [9.17, 15) is 5.11 Å². The lowest BCUT2D eigenvalue weighted by atomic mass is 10.1. The standard InChI is InChI=1S/C17H20BrN5O/c1-4-12(24)13-11(7-10-8-22(2)21-16(10)19-13)17-20-15(18)14(23(17)3)9-5-6-9/h7-9,12,24H,4-6H2,1-3H3. The maximum absolute atomic E-state index is 10.5. The third kappa shape index (κ3) is 2.46. The van der Waals surface area contributed by atoms with Gasteiger partial charge in [0.05, 0.1) is 17.5 Å². The first kappa shape index (κ1) is 15.8. The molecule has 126 valence electrons. The molecule has 1 saturated carbocycles. The van der Waals surface area contributed by atoms with Crippen molar-refractivity contribution in [1.82, 2.24) is 24.3 Å². The fraction of sp³-hybridized carbons (Fsp3) is 0.471. The quantitative estimate of drug-likeness (QED) is 0.741. The van der Waals surface area contributed by atoms with Crippen LogP contribution in [0.3, 0.4) is 0 Å². The average Bonchev–Trinajstić information content (AvgIpc) is 3.24. The highest BCUT2D eigenvalue weighted by Crippen LogP contribution is 2.45. The third-order valence-corrected chi connectivity index (χ3v) is 5.22. The summed E-state index contributed by atoms with van der Waals surface area (Å²) in [6, 6.07) is 2.04. The average molecular weight is 390 g/mol. The summed E-state index contributed by atoms with van der Waals surface area (Å²) in [5, 5.41) is 15.8. The van der Waals surface area contributed by atoms with E-state index in [1.165, 1.54) is 18.5 Å². The summed E-state index contributed by atoms with van der Waals surface area (Å²) in [4.78, 5) is 9.37. The fourth-order valence-electron chi connectivity index (χ4n) is 3.23. The van der Waals surface area contributed by atoms with Gasteiger partial charge in [0.25, 0.3) is 0 Å². The Labute approximate surface area is 148 Å². The van der Waals surface area contributed by atoms with Crippen molar-refractivity contribution in [2.24, 2.45) is 14.1 Å². The number of fused-ring (bicyclic) bond motifs is 1. The Bertz CT molecular complexity index is 925. The van der Waals surface area contributed by atoms with Crippen molar-refractivity contribution in [1.29, 1.82) is 0 Å². The molecule has 6 nitrogen and oxygen atoms in total. The molecule has 3 heterocycles. The smallest absolute Gasteiger partial charge is 0.181 e. The van der Waals surface area contributed by atoms with Crippen molar-refractivity contribution in [3.05, 3.63) is 28.3 Å². The van der Waals surface area contributed by atoms with Gasteiger partial charge in [0.15, 0.2) is 5.65 Å². The molecule has 1 aliphatic rings. The molecule has 1 aliphatic carbocycles. The van der Waals surface area contributed by atoms with Gasteiger partial charge in [0.1, 0.15) is 10.4 Å². The number of aryl methyl sites for hydroxylation is 1. The first-order valence-corrected chi connectivity index (χ1v) is 9.03. The van der Waals surface area contributed by atoms with Crippen LogP contribution in [0.2, 0.25) is 0 Å². The Kier molecular flexibility index (Phi) is 3.73. The number of aliphatic hydroxyl groups excluding tert-OH is 1. The summed E-state index contributed by atoms with van der Waals surface area (Å²) in [6.45, 7) is 1.95. The molecule has 1 fully saturated rings. The maximum atomic E-state index is 10.5. The molecule has 0 radical (unpaired) electrons. The summed E-state index contributed by atoms with van der Waals surface area (Å²) >= 11 is 3.61. The number of hydrogen-bond donors (Lipinski definition) is 1. The topological polar surface area (TPSA) is 68.8 Å². The van der Waals surface area contributed by atoms with Crippen LogP contribution in [0, 0.1) is 0 Å². The SMILES string of the molecule is CCC(O)c1nc2nn(C)cc2cc1-c1nc(Br)c(C2CC2)n1C. The van der Waals surface area contributed by atoms with Crippen LogP contribution in [0.15, 0.2) is 16.9 Å². The van der Waals surface area contributed by atoms with E-state index in [1.807, 2.05) is 33.3 Å². The maximum Gasteiger partial charge on any atom is 0.181 e. The summed E-state index contributed by atoms with van der Waals surface area (Å²) in [6.07, 6.45) is 4.32. The molecule has 4 rings (SSSR count). The number of rotatable bonds is 4. The zero-order valence-electron chi connectivity index (χ0n) is 14.0. The molecule has 1 atom stereocenters. The molecule has 0 saturated heterocycles. The Hall–Kier alpha value is -1.73. The minimum Gasteiger partial charge on any atom is -0.387 e. The zero-order chi connectivity index (χ0) is 17.0. The number of pyridine rings is 1. The molecule has 24 heavy (non-hydrogen) atoms. The second kappa shape index (κ2) is 5.67. The van der Waals surface area contributed by atoms with Gasteiger partial charge in [-0.25, -0.2) is 9.97 Å². The highest BCUT2D eigenvalue weighted by molar-refractivity contribution is 9.10. The summed E-state index contributed by atoms with van der Waals surface area (Å²) in [5.41, 5.74) is 3.40. The van der Waals surface area contributed by atoms with E-state index in [-0.39, 0.29) is 0 Å². The molecule has 0 amide bonds. The van der Waals surface area contributed by atoms with E-state index in [1.54, 1.807) is 4.68 Å². The van der Waals surface area contributed by atoms with Crippen LogP contribution < -0.4 is 0 Å². The first-order valence-electron chi connectivity index (χ1n) is 8.24. The van der Waals surface area contributed by atoms with Gasteiger partial charge in [-0.1, -0.05) is 6.92 Å². The second-order valence-electron chi connectivity index (χ2n) is 6.51. The molecule has 0 spiro atoms. The van der Waals surface area contributed by atoms with Gasteiger partial charge in [0, 0.05) is 37.2 Å². The summed E-state index contributed by atoms with van der Waals surface area (Å²) in [5.74, 6) is 1.42. The van der Waals surface area contributed by atoms with Gasteiger partial charge in [-0.05, 0) is 41.3 Å². The van der Waals surface area contributed by atoms with Crippen molar-refractivity contribution in [2.45, 2.75) is 38.2 Å². The lowest BCUT2D eigenvalue weighted by Gasteiger charge is -2.13. The molecule has 0 aromatic carbocycles. The second-order valence-corrected chi connectivity index (χ2v) is 7.26. The van der Waals surface area contributed by atoms with Gasteiger partial charge in [-0.3, -0.25) is 4.68 Å². The Morgan fingerprint density at radius 2 is 2.08 bits per heavy atom. The Balaban J connectivity index is 1.96. The molecule has 1 N–H and O–H groups in total. The molecular formula is C17H20BrN5O. The van der Waals surface area contributed by atoms with E-state index < -0.39 is 6.10 Å². The lowest BCUT2D eigenvalue weighted by Crippen LogP contribution is -2.06. The van der Waals surface area contributed by atoms with E-state index in [0.717, 1.165) is 21.4 Å². The number of aliphatic hydroxyl groups is 1. The highest BCUT2D eigenvalue weighted by atomic mass is 79.9. The van der Waals surface area contributed by atoms with Crippen LogP contribution in [0.4, 0.5) is 0 Å². The van der Waals surface area contributed by atoms with Crippen molar-refractivity contribution in [2.75, 3.05) is 0 Å². The Morgan fingerprint density at radius 1 is 1.33 bits per heavy atom. The van der Waals surface area contributed by atoms with Crippen LogP contribution >= 0.6 is 15.9 Å². The van der Waals surface area contributed by atoms with Gasteiger partial charge < -0.3 is 9.67 Å². The Morgan fingerprint density at radius 3 is 2.75 bits per heavy atom. The van der Waals surface area contributed by atoms with Crippen LogP contribution in [0.25, 0.3) is 22.4 Å². The van der Waals surface area contributed by atoms with Gasteiger partial charge in [-0.2, -0.15) is 5.10 Å². The molecule has 1 unspecified atom stereocenters. The highest BCUT2D eigenvalue weighted by Gasteiger charge is 2.31. The monoisotopic (exact) mass is 389 g/mol.